The number of hydrogen-bond acceptors (Lipinski definition) is 5. The Morgan fingerprint density at radius 3 is 2.33 bits per heavy atom. The van der Waals surface area contributed by atoms with Crippen LogP contribution >= 0.6 is 0 Å². The Labute approximate surface area is 158 Å². The van der Waals surface area contributed by atoms with Crippen LogP contribution in [0.5, 0.6) is 0 Å². The fourth-order valence-corrected chi connectivity index (χ4v) is 3.28. The lowest BCUT2D eigenvalue weighted by molar-refractivity contribution is -0.144. The number of hydrogen-bond donors (Lipinski definition) is 0. The molecule has 3 rings (SSSR count). The molecule has 6 nitrogen and oxygen atoms in total. The highest BCUT2D eigenvalue weighted by Gasteiger charge is 2.40. The minimum atomic E-state index is -0.398. The molecular weight excluding hydrogens is 346 g/mol. The van der Waals surface area contributed by atoms with Crippen LogP contribution in [-0.2, 0) is 14.3 Å². The van der Waals surface area contributed by atoms with E-state index in [1.165, 1.54) is 7.11 Å². The molecule has 0 amide bonds. The number of Topliss-reactive ketones (excluding diaryl/α,β-unsaturated/α-hetero) is 1. The Kier molecular flexibility index (Phi) is 5.17. The highest BCUT2D eigenvalue weighted by Crippen LogP contribution is 2.38. The van der Waals surface area contributed by atoms with Crippen LogP contribution in [0.3, 0.4) is 0 Å². The first-order valence-corrected chi connectivity index (χ1v) is 8.91. The average Bonchev–Trinajstić information content (AvgIpc) is 3.32. The van der Waals surface area contributed by atoms with Gasteiger partial charge in [-0.15, -0.1) is 0 Å². The zero-order chi connectivity index (χ0) is 19.7. The van der Waals surface area contributed by atoms with Crippen LogP contribution in [0.4, 0.5) is 0 Å². The van der Waals surface area contributed by atoms with Gasteiger partial charge >= 0.3 is 11.9 Å². The van der Waals surface area contributed by atoms with Gasteiger partial charge in [0.1, 0.15) is 0 Å². The molecule has 2 aromatic rings. The van der Waals surface area contributed by atoms with E-state index in [1.54, 1.807) is 30.3 Å². The molecule has 1 aliphatic carbocycles. The van der Waals surface area contributed by atoms with Crippen LogP contribution in [0, 0.1) is 25.7 Å². The maximum absolute atomic E-state index is 12.5. The molecule has 0 aliphatic heterocycles. The van der Waals surface area contributed by atoms with E-state index in [2.05, 4.69) is 0 Å². The Morgan fingerprint density at radius 1 is 1.15 bits per heavy atom. The molecule has 0 bridgehead atoms. The molecule has 1 saturated carbocycles. The predicted octanol–water partition coefficient (Wildman–Crippen LogP) is 3.26. The van der Waals surface area contributed by atoms with Crippen LogP contribution < -0.4 is 0 Å². The summed E-state index contributed by atoms with van der Waals surface area (Å²) in [5.41, 5.74) is 3.46. The number of aryl methyl sites for hydroxylation is 1. The third kappa shape index (κ3) is 3.79. The first-order chi connectivity index (χ1) is 12.8. The van der Waals surface area contributed by atoms with Gasteiger partial charge in [-0.2, -0.15) is 0 Å². The van der Waals surface area contributed by atoms with Crippen molar-refractivity contribution in [3.63, 3.8) is 0 Å². The van der Waals surface area contributed by atoms with Gasteiger partial charge in [0.05, 0.1) is 18.6 Å². The topological polar surface area (TPSA) is 74.6 Å². The molecule has 0 N–H and O–H groups in total. The molecule has 0 radical (unpaired) electrons. The predicted molar refractivity (Wildman–Crippen MR) is 99.1 cm³/mol. The second-order valence-corrected chi connectivity index (χ2v) is 7.01. The summed E-state index contributed by atoms with van der Waals surface area (Å²) in [5, 5.41) is 0. The Hall–Kier alpha value is -2.89. The quantitative estimate of drug-likeness (QED) is 0.577. The maximum atomic E-state index is 12.5. The van der Waals surface area contributed by atoms with Gasteiger partial charge in [-0.1, -0.05) is 6.92 Å². The van der Waals surface area contributed by atoms with Gasteiger partial charge in [0.15, 0.2) is 6.61 Å². The Morgan fingerprint density at radius 2 is 1.78 bits per heavy atom. The van der Waals surface area contributed by atoms with E-state index in [-0.39, 0.29) is 24.3 Å². The highest BCUT2D eigenvalue weighted by atomic mass is 16.5. The van der Waals surface area contributed by atoms with E-state index in [0.29, 0.717) is 17.0 Å². The molecule has 1 heterocycles. The summed E-state index contributed by atoms with van der Waals surface area (Å²) in [6, 6.07) is 8.75. The van der Waals surface area contributed by atoms with Crippen molar-refractivity contribution in [2.45, 2.75) is 27.2 Å². The summed E-state index contributed by atoms with van der Waals surface area (Å²) >= 11 is 0. The maximum Gasteiger partial charge on any atom is 0.337 e. The molecule has 0 spiro atoms. The van der Waals surface area contributed by atoms with Crippen molar-refractivity contribution in [2.75, 3.05) is 13.7 Å². The summed E-state index contributed by atoms with van der Waals surface area (Å²) in [5.74, 6) is -0.611. The monoisotopic (exact) mass is 369 g/mol. The van der Waals surface area contributed by atoms with Crippen molar-refractivity contribution in [2.24, 2.45) is 11.8 Å². The number of carbonyl (C=O) groups is 3. The largest absolute Gasteiger partial charge is 0.465 e. The molecule has 6 heteroatoms. The van der Waals surface area contributed by atoms with E-state index in [4.69, 9.17) is 9.47 Å². The van der Waals surface area contributed by atoms with Crippen LogP contribution in [0.25, 0.3) is 5.69 Å². The number of methoxy groups -OCH3 is 1. The van der Waals surface area contributed by atoms with Crippen LogP contribution in [0.1, 0.15) is 45.4 Å². The first kappa shape index (κ1) is 18.9. The van der Waals surface area contributed by atoms with Gasteiger partial charge in [-0.05, 0) is 56.5 Å². The fourth-order valence-electron chi connectivity index (χ4n) is 3.28. The average molecular weight is 369 g/mol. The summed E-state index contributed by atoms with van der Waals surface area (Å²) in [7, 11) is 1.34. The van der Waals surface area contributed by atoms with Crippen molar-refractivity contribution in [1.29, 1.82) is 0 Å². The van der Waals surface area contributed by atoms with E-state index >= 15 is 0 Å². The molecule has 1 aliphatic rings. The van der Waals surface area contributed by atoms with Crippen molar-refractivity contribution in [1.82, 2.24) is 4.57 Å². The van der Waals surface area contributed by atoms with Crippen LogP contribution in [0.2, 0.25) is 0 Å². The van der Waals surface area contributed by atoms with Crippen molar-refractivity contribution in [3.8, 4) is 5.69 Å². The van der Waals surface area contributed by atoms with Crippen molar-refractivity contribution < 1.29 is 23.9 Å². The minimum absolute atomic E-state index is 0.0569. The molecule has 2 atom stereocenters. The number of aromatic nitrogens is 1. The van der Waals surface area contributed by atoms with E-state index in [9.17, 15) is 14.4 Å². The van der Waals surface area contributed by atoms with Crippen LogP contribution in [0.15, 0.2) is 30.3 Å². The summed E-state index contributed by atoms with van der Waals surface area (Å²) in [6.07, 6.45) is 0.836. The van der Waals surface area contributed by atoms with Gasteiger partial charge in [0.25, 0.3) is 0 Å². The van der Waals surface area contributed by atoms with Gasteiger partial charge in [0.2, 0.25) is 5.78 Å². The molecule has 1 aromatic heterocycles. The fraction of sp³-hybridized carbons (Fsp3) is 0.381. The number of carbonyl (C=O) groups excluding carboxylic acids is 3. The number of ether oxygens (including phenoxy) is 2. The summed E-state index contributed by atoms with van der Waals surface area (Å²) in [6.45, 7) is 5.50. The summed E-state index contributed by atoms with van der Waals surface area (Å²) < 4.78 is 11.8. The Bertz CT molecular complexity index is 894. The molecule has 0 saturated heterocycles. The van der Waals surface area contributed by atoms with E-state index in [0.717, 1.165) is 23.5 Å². The lowest BCUT2D eigenvalue weighted by Crippen LogP contribution is -2.16. The molecular formula is C21H23NO5. The number of benzene rings is 1. The molecule has 27 heavy (non-hydrogen) atoms. The lowest BCUT2D eigenvalue weighted by Gasteiger charge is -2.10. The summed E-state index contributed by atoms with van der Waals surface area (Å²) in [4.78, 5) is 35.9. The second kappa shape index (κ2) is 7.39. The van der Waals surface area contributed by atoms with E-state index in [1.807, 2.05) is 25.3 Å². The molecule has 1 aromatic carbocycles. The zero-order valence-corrected chi connectivity index (χ0v) is 15.9. The van der Waals surface area contributed by atoms with Crippen molar-refractivity contribution >= 4 is 17.7 Å². The minimum Gasteiger partial charge on any atom is -0.465 e. The lowest BCUT2D eigenvalue weighted by atomic mass is 10.1. The van der Waals surface area contributed by atoms with Crippen molar-refractivity contribution in [3.05, 3.63) is 52.8 Å². The first-order valence-electron chi connectivity index (χ1n) is 8.91. The SMILES string of the molecule is COC(=O)c1ccc(-n2c(C)cc(C(=O)COC(=O)[C@H]3C[C@H]3C)c2C)cc1. The van der Waals surface area contributed by atoms with Crippen LogP contribution in [-0.4, -0.2) is 36.0 Å². The van der Waals surface area contributed by atoms with Gasteiger partial charge in [-0.25, -0.2) is 4.79 Å². The van der Waals surface area contributed by atoms with Gasteiger partial charge in [0, 0.05) is 22.6 Å². The smallest absolute Gasteiger partial charge is 0.337 e. The number of nitrogens with zero attached hydrogens (tertiary/aromatic N) is 1. The van der Waals surface area contributed by atoms with E-state index < -0.39 is 5.97 Å². The normalized spacial score (nSPS) is 18.1. The number of rotatable bonds is 6. The zero-order valence-electron chi connectivity index (χ0n) is 15.9. The van der Waals surface area contributed by atoms with Gasteiger partial charge < -0.3 is 14.0 Å². The third-order valence-electron chi connectivity index (χ3n) is 5.04. The van der Waals surface area contributed by atoms with Gasteiger partial charge in [-0.3, -0.25) is 9.59 Å². The third-order valence-corrected chi connectivity index (χ3v) is 5.04. The Balaban J connectivity index is 1.76. The number of esters is 2. The molecule has 1 fully saturated rings. The highest BCUT2D eigenvalue weighted by molar-refractivity contribution is 5.99. The second-order valence-electron chi connectivity index (χ2n) is 7.01. The molecule has 142 valence electrons. The standard InChI is InChI=1S/C21H23NO5/c1-12-9-17(12)21(25)27-11-19(23)18-10-13(2)22(14(18)3)16-7-5-15(6-8-16)20(24)26-4/h5-8,10,12,17H,9,11H2,1-4H3/t12-,17+/m1/s1. The molecule has 0 unspecified atom stereocenters. The number of ketones is 1.